The molecule has 0 aromatic heterocycles. The highest BCUT2D eigenvalue weighted by Crippen LogP contribution is 2.25. The number of carbonyl (C=O) groups excluding carboxylic acids is 1. The summed E-state index contributed by atoms with van der Waals surface area (Å²) in [6, 6.07) is 5.29. The van der Waals surface area contributed by atoms with Crippen LogP contribution in [0.1, 0.15) is 12.5 Å². The Bertz CT molecular complexity index is 1110. The average molecular weight is 517 g/mol. The minimum absolute atomic E-state index is 0.0101. The molecule has 0 aliphatic carbocycles. The predicted octanol–water partition coefficient (Wildman–Crippen LogP) is 2.24. The second-order valence-corrected chi connectivity index (χ2v) is 8.93. The number of rotatable bonds is 7. The van der Waals surface area contributed by atoms with E-state index in [-0.39, 0.29) is 5.70 Å². The summed E-state index contributed by atoms with van der Waals surface area (Å²) in [6.45, 7) is 6.23. The van der Waals surface area contributed by atoms with Crippen molar-refractivity contribution in [3.63, 3.8) is 0 Å². The van der Waals surface area contributed by atoms with Gasteiger partial charge in [0.1, 0.15) is 5.82 Å². The number of allylic oxidation sites excluding steroid dienone is 5. The lowest BCUT2D eigenvalue weighted by Crippen LogP contribution is -2.41. The molecule has 35 heavy (non-hydrogen) atoms. The number of ether oxygens (including phenoxy) is 1. The van der Waals surface area contributed by atoms with Crippen molar-refractivity contribution in [3.05, 3.63) is 80.6 Å². The van der Waals surface area contributed by atoms with Crippen molar-refractivity contribution in [1.29, 1.82) is 0 Å². The van der Waals surface area contributed by atoms with E-state index in [9.17, 15) is 4.79 Å². The number of carbonyl (C=O) groups is 1. The van der Waals surface area contributed by atoms with Gasteiger partial charge in [0, 0.05) is 48.5 Å². The zero-order valence-corrected chi connectivity index (χ0v) is 21.1. The maximum Gasteiger partial charge on any atom is 0.271 e. The number of halogens is 2. The molecule has 1 fully saturated rings. The van der Waals surface area contributed by atoms with E-state index in [0.29, 0.717) is 60.1 Å². The molecule has 10 heteroatoms. The fraction of sp³-hybridized carbons (Fsp3) is 0.320. The van der Waals surface area contributed by atoms with Crippen molar-refractivity contribution < 1.29 is 9.53 Å². The Labute approximate surface area is 216 Å². The van der Waals surface area contributed by atoms with Gasteiger partial charge in [-0.05, 0) is 48.9 Å². The zero-order chi connectivity index (χ0) is 25.4. The quantitative estimate of drug-likeness (QED) is 0.250. The van der Waals surface area contributed by atoms with Crippen LogP contribution in [-0.2, 0) is 16.1 Å². The Balaban J connectivity index is 1.71. The Kier molecular flexibility index (Phi) is 9.38. The lowest BCUT2D eigenvalue weighted by atomic mass is 10.1. The van der Waals surface area contributed by atoms with Gasteiger partial charge in [-0.25, -0.2) is 0 Å². The number of terminal acetylenes is 1. The van der Waals surface area contributed by atoms with Crippen LogP contribution in [-0.4, -0.2) is 55.1 Å². The Morgan fingerprint density at radius 2 is 2.03 bits per heavy atom. The van der Waals surface area contributed by atoms with Crippen molar-refractivity contribution in [1.82, 2.24) is 20.4 Å². The summed E-state index contributed by atoms with van der Waals surface area (Å²) in [5, 5.41) is 7.07. The molecule has 0 radical (unpaired) electrons. The van der Waals surface area contributed by atoms with Crippen LogP contribution < -0.4 is 22.1 Å². The van der Waals surface area contributed by atoms with E-state index in [0.717, 1.165) is 24.4 Å². The molecule has 186 valence electrons. The standard InChI is InChI=1S/C25H30Cl2N6O2/c1-3-20(32-10-12-35-13-11-32)6-4-17(2)31-25(34)22(28)15-23-24(29)30-8-9-33(23)16-18-14-19(26)5-7-21(18)27/h1,4-7,14-15,30H,8-13,16,28-29H2,2H3,(H,31,34)/b17-4+,20-6+,22-15-. The highest BCUT2D eigenvalue weighted by Gasteiger charge is 2.20. The summed E-state index contributed by atoms with van der Waals surface area (Å²) >= 11 is 12.5. The fourth-order valence-corrected chi connectivity index (χ4v) is 4.04. The first-order valence-electron chi connectivity index (χ1n) is 11.2. The first-order chi connectivity index (χ1) is 16.8. The van der Waals surface area contributed by atoms with Crippen LogP contribution in [0.4, 0.5) is 0 Å². The summed E-state index contributed by atoms with van der Waals surface area (Å²) in [4.78, 5) is 16.8. The number of hydrogen-bond donors (Lipinski definition) is 4. The van der Waals surface area contributed by atoms with Crippen LogP contribution in [0.2, 0.25) is 10.0 Å². The number of hydrogen-bond acceptors (Lipinski definition) is 7. The van der Waals surface area contributed by atoms with Crippen LogP contribution >= 0.6 is 23.2 Å². The number of nitrogens with zero attached hydrogens (tertiary/aromatic N) is 2. The van der Waals surface area contributed by atoms with Gasteiger partial charge >= 0.3 is 0 Å². The number of nitrogens with one attached hydrogen (secondary N) is 2. The van der Waals surface area contributed by atoms with Crippen LogP contribution in [0.3, 0.4) is 0 Å². The molecule has 1 aromatic rings. The van der Waals surface area contributed by atoms with E-state index in [4.69, 9.17) is 45.8 Å². The lowest BCUT2D eigenvalue weighted by molar-refractivity contribution is -0.116. The Morgan fingerprint density at radius 3 is 2.74 bits per heavy atom. The van der Waals surface area contributed by atoms with E-state index in [1.165, 1.54) is 0 Å². The highest BCUT2D eigenvalue weighted by atomic mass is 35.5. The fourth-order valence-electron chi connectivity index (χ4n) is 3.67. The summed E-state index contributed by atoms with van der Waals surface area (Å²) in [6.07, 6.45) is 10.8. The molecule has 2 aliphatic heterocycles. The number of benzene rings is 1. The largest absolute Gasteiger partial charge is 0.394 e. The third kappa shape index (κ3) is 7.36. The van der Waals surface area contributed by atoms with Crippen molar-refractivity contribution in [3.8, 4) is 12.3 Å². The third-order valence-electron chi connectivity index (χ3n) is 5.54. The molecule has 0 atom stereocenters. The van der Waals surface area contributed by atoms with Gasteiger partial charge in [0.05, 0.1) is 30.3 Å². The molecule has 1 aromatic carbocycles. The van der Waals surface area contributed by atoms with Crippen LogP contribution in [0.25, 0.3) is 0 Å². The van der Waals surface area contributed by atoms with Gasteiger partial charge in [0.15, 0.2) is 0 Å². The Hall–Kier alpha value is -3.25. The minimum atomic E-state index is -0.451. The normalized spacial score (nSPS) is 17.7. The van der Waals surface area contributed by atoms with Crippen LogP contribution in [0.15, 0.2) is 65.0 Å². The molecule has 2 heterocycles. The van der Waals surface area contributed by atoms with Crippen LogP contribution in [0.5, 0.6) is 0 Å². The second kappa shape index (κ2) is 12.5. The van der Waals surface area contributed by atoms with Gasteiger partial charge in [0.2, 0.25) is 0 Å². The minimum Gasteiger partial charge on any atom is -0.394 e. The molecule has 0 spiro atoms. The molecular formula is C25H30Cl2N6O2. The molecule has 8 nitrogen and oxygen atoms in total. The molecule has 0 unspecified atom stereocenters. The monoisotopic (exact) mass is 516 g/mol. The van der Waals surface area contributed by atoms with Crippen LogP contribution in [0, 0.1) is 12.3 Å². The molecule has 6 N–H and O–H groups in total. The van der Waals surface area contributed by atoms with Gasteiger partial charge in [-0.1, -0.05) is 29.1 Å². The van der Waals surface area contributed by atoms with Gasteiger partial charge in [-0.15, -0.1) is 6.42 Å². The number of nitrogens with two attached hydrogens (primary N) is 2. The average Bonchev–Trinajstić information content (AvgIpc) is 2.84. The second-order valence-electron chi connectivity index (χ2n) is 8.08. The molecule has 1 amide bonds. The Morgan fingerprint density at radius 1 is 1.29 bits per heavy atom. The SMILES string of the molecule is C#C/C(=C\C=C(/C)NC(=O)/C(N)=C/C1=C(N)NCCN1Cc1cc(Cl)ccc1Cl)N1CCOCC1. The maximum atomic E-state index is 12.7. The van der Waals surface area contributed by atoms with Gasteiger partial charge in [-0.2, -0.15) is 0 Å². The first kappa shape index (κ1) is 26.4. The summed E-state index contributed by atoms with van der Waals surface area (Å²) in [5.41, 5.74) is 15.1. The van der Waals surface area contributed by atoms with Crippen molar-refractivity contribution in [2.75, 3.05) is 39.4 Å². The molecule has 0 bridgehead atoms. The molecule has 3 rings (SSSR count). The maximum absolute atomic E-state index is 12.7. The van der Waals surface area contributed by atoms with E-state index in [1.54, 1.807) is 37.3 Å². The number of amides is 1. The summed E-state index contributed by atoms with van der Waals surface area (Å²) < 4.78 is 5.36. The van der Waals surface area contributed by atoms with E-state index >= 15 is 0 Å². The molecule has 1 saturated heterocycles. The zero-order valence-electron chi connectivity index (χ0n) is 19.6. The number of morpholine rings is 1. The van der Waals surface area contributed by atoms with E-state index in [2.05, 4.69) is 21.5 Å². The lowest BCUT2D eigenvalue weighted by Gasteiger charge is -2.32. The smallest absolute Gasteiger partial charge is 0.271 e. The highest BCUT2D eigenvalue weighted by molar-refractivity contribution is 6.33. The molecule has 2 aliphatic rings. The summed E-state index contributed by atoms with van der Waals surface area (Å²) in [7, 11) is 0. The van der Waals surface area contributed by atoms with Crippen molar-refractivity contribution >= 4 is 29.1 Å². The van der Waals surface area contributed by atoms with Gasteiger partial charge in [0.25, 0.3) is 5.91 Å². The predicted molar refractivity (Wildman–Crippen MR) is 140 cm³/mol. The van der Waals surface area contributed by atoms with E-state index in [1.807, 2.05) is 11.0 Å². The van der Waals surface area contributed by atoms with Crippen molar-refractivity contribution in [2.24, 2.45) is 11.5 Å². The van der Waals surface area contributed by atoms with E-state index < -0.39 is 5.91 Å². The van der Waals surface area contributed by atoms with Gasteiger partial charge in [-0.3, -0.25) is 4.79 Å². The van der Waals surface area contributed by atoms with Gasteiger partial charge < -0.3 is 36.6 Å². The topological polar surface area (TPSA) is 109 Å². The first-order valence-corrected chi connectivity index (χ1v) is 11.9. The molecular weight excluding hydrogens is 487 g/mol. The third-order valence-corrected chi connectivity index (χ3v) is 6.14. The summed E-state index contributed by atoms with van der Waals surface area (Å²) in [5.74, 6) is 2.65. The van der Waals surface area contributed by atoms with Crippen molar-refractivity contribution in [2.45, 2.75) is 13.5 Å². The molecule has 0 saturated carbocycles.